The number of rotatable bonds is 1. The lowest BCUT2D eigenvalue weighted by molar-refractivity contribution is 0.405. The SMILES string of the molecule is Clc1ccc(-c2cc3c4c(c2)C2CNCCC2N4CC3)cc1Cl. The van der Waals surface area contributed by atoms with Crippen molar-refractivity contribution in [1.29, 1.82) is 0 Å². The second-order valence-corrected chi connectivity index (χ2v) is 7.63. The Bertz CT molecular complexity index is 802. The molecule has 2 atom stereocenters. The fraction of sp³-hybridized carbons (Fsp3) is 0.368. The smallest absolute Gasteiger partial charge is 0.0598 e. The van der Waals surface area contributed by atoms with Gasteiger partial charge in [0, 0.05) is 30.7 Å². The van der Waals surface area contributed by atoms with Crippen LogP contribution in [0.3, 0.4) is 0 Å². The number of fused-ring (bicyclic) bond motifs is 3. The molecule has 0 aliphatic carbocycles. The van der Waals surface area contributed by atoms with Crippen molar-refractivity contribution in [1.82, 2.24) is 5.32 Å². The molecule has 0 radical (unpaired) electrons. The number of piperidine rings is 1. The molecule has 23 heavy (non-hydrogen) atoms. The molecule has 3 aliphatic rings. The number of hydrogen-bond acceptors (Lipinski definition) is 2. The largest absolute Gasteiger partial charge is 0.367 e. The molecule has 0 aromatic heterocycles. The highest BCUT2D eigenvalue weighted by Gasteiger charge is 2.43. The first-order valence-electron chi connectivity index (χ1n) is 8.32. The number of nitrogens with zero attached hydrogens (tertiary/aromatic N) is 1. The third-order valence-corrected chi connectivity index (χ3v) is 6.36. The molecular weight excluding hydrogens is 327 g/mol. The predicted molar refractivity (Wildman–Crippen MR) is 97.0 cm³/mol. The second kappa shape index (κ2) is 5.14. The number of nitrogens with one attached hydrogen (secondary N) is 1. The Kier molecular flexibility index (Phi) is 3.16. The van der Waals surface area contributed by atoms with Gasteiger partial charge in [-0.25, -0.2) is 0 Å². The Balaban J connectivity index is 1.66. The minimum absolute atomic E-state index is 0.615. The second-order valence-electron chi connectivity index (χ2n) is 6.81. The minimum atomic E-state index is 0.615. The van der Waals surface area contributed by atoms with E-state index < -0.39 is 0 Å². The Morgan fingerprint density at radius 1 is 1.04 bits per heavy atom. The summed E-state index contributed by atoms with van der Waals surface area (Å²) in [5.74, 6) is 0.625. The molecule has 118 valence electrons. The summed E-state index contributed by atoms with van der Waals surface area (Å²) in [6.07, 6.45) is 2.41. The quantitative estimate of drug-likeness (QED) is 0.820. The summed E-state index contributed by atoms with van der Waals surface area (Å²) in [6.45, 7) is 3.41. The molecule has 0 amide bonds. The highest BCUT2D eigenvalue weighted by Crippen LogP contribution is 2.49. The topological polar surface area (TPSA) is 15.3 Å². The van der Waals surface area contributed by atoms with E-state index in [0.717, 1.165) is 25.1 Å². The van der Waals surface area contributed by atoms with E-state index in [-0.39, 0.29) is 0 Å². The number of anilines is 1. The first-order valence-corrected chi connectivity index (χ1v) is 9.07. The molecule has 2 unspecified atom stereocenters. The molecule has 2 aromatic rings. The highest BCUT2D eigenvalue weighted by atomic mass is 35.5. The first-order chi connectivity index (χ1) is 11.2. The molecule has 0 spiro atoms. The van der Waals surface area contributed by atoms with E-state index >= 15 is 0 Å². The third-order valence-electron chi connectivity index (χ3n) is 5.63. The Hall–Kier alpha value is -1.22. The van der Waals surface area contributed by atoms with Crippen LogP contribution in [0.25, 0.3) is 11.1 Å². The maximum atomic E-state index is 6.22. The molecule has 3 heterocycles. The van der Waals surface area contributed by atoms with Crippen LogP contribution in [0.4, 0.5) is 5.69 Å². The van der Waals surface area contributed by atoms with Gasteiger partial charge in [-0.15, -0.1) is 0 Å². The Morgan fingerprint density at radius 3 is 2.83 bits per heavy atom. The summed E-state index contributed by atoms with van der Waals surface area (Å²) in [4.78, 5) is 2.66. The summed E-state index contributed by atoms with van der Waals surface area (Å²) in [5, 5.41) is 4.81. The van der Waals surface area contributed by atoms with Crippen molar-refractivity contribution in [3.8, 4) is 11.1 Å². The summed E-state index contributed by atoms with van der Waals surface area (Å²) >= 11 is 12.3. The van der Waals surface area contributed by atoms with Gasteiger partial charge in [0.2, 0.25) is 0 Å². The maximum Gasteiger partial charge on any atom is 0.0598 e. The standard InChI is InChI=1S/C19H18Cl2N2/c20-16-2-1-11(9-17(16)21)13-7-12-4-6-23-18-3-5-22-10-15(18)14(8-13)19(12)23/h1-2,7-9,15,18,22H,3-6,10H2. The molecule has 0 saturated carbocycles. The fourth-order valence-electron chi connectivity index (χ4n) is 4.60. The Morgan fingerprint density at radius 2 is 1.96 bits per heavy atom. The van der Waals surface area contributed by atoms with E-state index in [2.05, 4.69) is 28.4 Å². The van der Waals surface area contributed by atoms with Crippen LogP contribution >= 0.6 is 23.2 Å². The van der Waals surface area contributed by atoms with Gasteiger partial charge in [0.05, 0.1) is 10.0 Å². The van der Waals surface area contributed by atoms with E-state index in [1.807, 2.05) is 12.1 Å². The van der Waals surface area contributed by atoms with Gasteiger partial charge >= 0.3 is 0 Å². The van der Waals surface area contributed by atoms with E-state index in [1.54, 1.807) is 0 Å². The van der Waals surface area contributed by atoms with Gasteiger partial charge in [0.25, 0.3) is 0 Å². The van der Waals surface area contributed by atoms with Gasteiger partial charge in [-0.2, -0.15) is 0 Å². The van der Waals surface area contributed by atoms with Gasteiger partial charge in [0.15, 0.2) is 0 Å². The normalized spacial score (nSPS) is 24.7. The lowest BCUT2D eigenvalue weighted by Crippen LogP contribution is -2.43. The van der Waals surface area contributed by atoms with E-state index in [4.69, 9.17) is 23.2 Å². The molecule has 4 heteroatoms. The molecule has 1 saturated heterocycles. The summed E-state index contributed by atoms with van der Waals surface area (Å²) < 4.78 is 0. The summed E-state index contributed by atoms with van der Waals surface area (Å²) in [5.41, 5.74) is 6.97. The van der Waals surface area contributed by atoms with Gasteiger partial charge in [-0.1, -0.05) is 29.3 Å². The molecule has 5 rings (SSSR count). The number of benzene rings is 2. The average molecular weight is 345 g/mol. The van der Waals surface area contributed by atoms with Gasteiger partial charge < -0.3 is 10.2 Å². The van der Waals surface area contributed by atoms with Crippen molar-refractivity contribution in [3.05, 3.63) is 51.5 Å². The zero-order valence-electron chi connectivity index (χ0n) is 12.8. The van der Waals surface area contributed by atoms with Gasteiger partial charge in [0.1, 0.15) is 0 Å². The van der Waals surface area contributed by atoms with Crippen LogP contribution < -0.4 is 10.2 Å². The zero-order valence-corrected chi connectivity index (χ0v) is 14.3. The van der Waals surface area contributed by atoms with Crippen LogP contribution in [0.15, 0.2) is 30.3 Å². The van der Waals surface area contributed by atoms with E-state index in [1.165, 1.54) is 35.3 Å². The van der Waals surface area contributed by atoms with Crippen LogP contribution in [0.1, 0.15) is 23.5 Å². The number of halogens is 2. The Labute approximate surface area is 146 Å². The summed E-state index contributed by atoms with van der Waals surface area (Å²) in [6, 6.07) is 11.4. The zero-order chi connectivity index (χ0) is 15.6. The minimum Gasteiger partial charge on any atom is -0.367 e. The summed E-state index contributed by atoms with van der Waals surface area (Å²) in [7, 11) is 0. The van der Waals surface area contributed by atoms with Crippen molar-refractivity contribution >= 4 is 28.9 Å². The average Bonchev–Trinajstić information content (AvgIpc) is 3.13. The molecule has 1 fully saturated rings. The monoisotopic (exact) mass is 344 g/mol. The molecule has 1 N–H and O–H groups in total. The maximum absolute atomic E-state index is 6.22. The van der Waals surface area contributed by atoms with E-state index in [0.29, 0.717) is 22.0 Å². The number of hydrogen-bond donors (Lipinski definition) is 1. The van der Waals surface area contributed by atoms with Gasteiger partial charge in [-0.3, -0.25) is 0 Å². The van der Waals surface area contributed by atoms with Crippen LogP contribution in [0.5, 0.6) is 0 Å². The van der Waals surface area contributed by atoms with Crippen LogP contribution in [0, 0.1) is 0 Å². The highest BCUT2D eigenvalue weighted by molar-refractivity contribution is 6.42. The van der Waals surface area contributed by atoms with Crippen LogP contribution in [0.2, 0.25) is 10.0 Å². The van der Waals surface area contributed by atoms with Crippen molar-refractivity contribution in [2.75, 3.05) is 24.5 Å². The lowest BCUT2D eigenvalue weighted by Gasteiger charge is -2.32. The molecule has 2 nitrogen and oxygen atoms in total. The predicted octanol–water partition coefficient (Wildman–Crippen LogP) is 4.48. The lowest BCUT2D eigenvalue weighted by atomic mass is 9.87. The van der Waals surface area contributed by atoms with Crippen molar-refractivity contribution in [2.24, 2.45) is 0 Å². The van der Waals surface area contributed by atoms with E-state index in [9.17, 15) is 0 Å². The van der Waals surface area contributed by atoms with Crippen molar-refractivity contribution in [3.63, 3.8) is 0 Å². The van der Waals surface area contributed by atoms with Crippen molar-refractivity contribution < 1.29 is 0 Å². The van der Waals surface area contributed by atoms with Crippen LogP contribution in [-0.2, 0) is 6.42 Å². The fourth-order valence-corrected chi connectivity index (χ4v) is 4.90. The molecule has 3 aliphatic heterocycles. The van der Waals surface area contributed by atoms with Crippen LogP contribution in [-0.4, -0.2) is 25.7 Å². The van der Waals surface area contributed by atoms with Gasteiger partial charge in [-0.05, 0) is 65.9 Å². The van der Waals surface area contributed by atoms with Crippen molar-refractivity contribution in [2.45, 2.75) is 24.8 Å². The molecule has 0 bridgehead atoms. The first kappa shape index (κ1) is 14.2. The molecule has 2 aromatic carbocycles. The third kappa shape index (κ3) is 2.05. The molecular formula is C19H18Cl2N2.